The van der Waals surface area contributed by atoms with Crippen LogP contribution in [-0.2, 0) is 14.3 Å². The van der Waals surface area contributed by atoms with Crippen LogP contribution in [0.2, 0.25) is 0 Å². The smallest absolute Gasteiger partial charge is 0.341 e. The second kappa shape index (κ2) is 8.16. The summed E-state index contributed by atoms with van der Waals surface area (Å²) in [5.41, 5.74) is 0.717. The Morgan fingerprint density at radius 2 is 1.90 bits per heavy atom. The Balaban J connectivity index is 2.54. The number of rotatable bonds is 8. The molecule has 1 aromatic carbocycles. The van der Waals surface area contributed by atoms with Gasteiger partial charge in [0.1, 0.15) is 5.75 Å². The molecule has 110 valence electrons. The molecule has 0 aliphatic carbocycles. The maximum Gasteiger partial charge on any atom is 0.341 e. The van der Waals surface area contributed by atoms with Gasteiger partial charge in [0.2, 0.25) is 5.91 Å². The van der Waals surface area contributed by atoms with Gasteiger partial charge in [0.25, 0.3) is 0 Å². The number of carbonyl (C=O) groups is 2. The lowest BCUT2D eigenvalue weighted by atomic mass is 10.2. The van der Waals surface area contributed by atoms with Crippen molar-refractivity contribution in [3.8, 4) is 5.75 Å². The van der Waals surface area contributed by atoms with Crippen LogP contribution in [0.15, 0.2) is 24.3 Å². The summed E-state index contributed by atoms with van der Waals surface area (Å²) in [4.78, 5) is 23.8. The van der Waals surface area contributed by atoms with Gasteiger partial charge in [-0.3, -0.25) is 4.79 Å². The highest BCUT2D eigenvalue weighted by atomic mass is 16.5. The van der Waals surface area contributed by atoms with E-state index in [1.807, 2.05) is 6.92 Å². The van der Waals surface area contributed by atoms with Crippen LogP contribution in [0.1, 0.15) is 13.3 Å². The van der Waals surface area contributed by atoms with E-state index in [1.54, 1.807) is 31.3 Å². The van der Waals surface area contributed by atoms with Gasteiger partial charge in [-0.05, 0) is 31.2 Å². The van der Waals surface area contributed by atoms with Crippen molar-refractivity contribution in [2.45, 2.75) is 13.3 Å². The van der Waals surface area contributed by atoms with Crippen molar-refractivity contribution >= 4 is 17.6 Å². The van der Waals surface area contributed by atoms with E-state index in [-0.39, 0.29) is 12.5 Å². The molecule has 0 unspecified atom stereocenters. The summed E-state index contributed by atoms with van der Waals surface area (Å²) in [6.45, 7) is 2.48. The zero-order chi connectivity index (χ0) is 15.0. The molecule has 0 aliphatic rings. The molecule has 1 N–H and O–H groups in total. The molecule has 1 aromatic rings. The standard InChI is InChI=1S/C14H19NO5/c1-3-19-9-8-13(16)15(2)11-4-6-12(7-5-11)20-10-14(17)18/h4-7H,3,8-10H2,1-2H3,(H,17,18). The summed E-state index contributed by atoms with van der Waals surface area (Å²) in [7, 11) is 1.68. The number of anilines is 1. The van der Waals surface area contributed by atoms with E-state index in [4.69, 9.17) is 14.6 Å². The summed E-state index contributed by atoms with van der Waals surface area (Å²) in [6.07, 6.45) is 0.321. The van der Waals surface area contributed by atoms with Crippen molar-refractivity contribution in [2.75, 3.05) is 31.8 Å². The summed E-state index contributed by atoms with van der Waals surface area (Å²) < 4.78 is 10.2. The van der Waals surface area contributed by atoms with E-state index in [0.29, 0.717) is 31.1 Å². The molecular weight excluding hydrogens is 262 g/mol. The monoisotopic (exact) mass is 281 g/mol. The fourth-order valence-corrected chi connectivity index (χ4v) is 1.53. The molecule has 0 aliphatic heterocycles. The minimum Gasteiger partial charge on any atom is -0.482 e. The number of nitrogens with zero attached hydrogens (tertiary/aromatic N) is 1. The molecule has 0 aromatic heterocycles. The first-order chi connectivity index (χ1) is 9.54. The summed E-state index contributed by atoms with van der Waals surface area (Å²) in [5, 5.41) is 8.50. The van der Waals surface area contributed by atoms with Gasteiger partial charge in [-0.25, -0.2) is 4.79 Å². The normalized spacial score (nSPS) is 10.1. The third kappa shape index (κ3) is 5.27. The Hall–Kier alpha value is -2.08. The van der Waals surface area contributed by atoms with Crippen LogP contribution in [0, 0.1) is 0 Å². The van der Waals surface area contributed by atoms with Crippen molar-refractivity contribution in [2.24, 2.45) is 0 Å². The van der Waals surface area contributed by atoms with Crippen molar-refractivity contribution in [1.29, 1.82) is 0 Å². The number of hydrogen-bond donors (Lipinski definition) is 1. The highest BCUT2D eigenvalue weighted by molar-refractivity contribution is 5.92. The van der Waals surface area contributed by atoms with Gasteiger partial charge in [0, 0.05) is 19.3 Å². The molecule has 1 rings (SSSR count). The predicted molar refractivity (Wildman–Crippen MR) is 74.1 cm³/mol. The fraction of sp³-hybridized carbons (Fsp3) is 0.429. The maximum atomic E-state index is 11.9. The fourth-order valence-electron chi connectivity index (χ4n) is 1.53. The van der Waals surface area contributed by atoms with E-state index in [1.165, 1.54) is 4.90 Å². The average Bonchev–Trinajstić information content (AvgIpc) is 2.45. The average molecular weight is 281 g/mol. The van der Waals surface area contributed by atoms with Gasteiger partial charge in [0.05, 0.1) is 13.0 Å². The quantitative estimate of drug-likeness (QED) is 0.731. The third-order valence-electron chi connectivity index (χ3n) is 2.62. The molecule has 1 amide bonds. The first-order valence-corrected chi connectivity index (χ1v) is 6.33. The maximum absolute atomic E-state index is 11.9. The van der Waals surface area contributed by atoms with Gasteiger partial charge in [-0.15, -0.1) is 0 Å². The molecule has 6 nitrogen and oxygen atoms in total. The topological polar surface area (TPSA) is 76.1 Å². The molecule has 0 fully saturated rings. The van der Waals surface area contributed by atoms with E-state index in [0.717, 1.165) is 0 Å². The second-order valence-corrected chi connectivity index (χ2v) is 4.08. The Labute approximate surface area is 117 Å². The van der Waals surface area contributed by atoms with Gasteiger partial charge >= 0.3 is 5.97 Å². The van der Waals surface area contributed by atoms with Crippen LogP contribution >= 0.6 is 0 Å². The van der Waals surface area contributed by atoms with Gasteiger partial charge in [-0.1, -0.05) is 0 Å². The lowest BCUT2D eigenvalue weighted by molar-refractivity contribution is -0.139. The molecule has 6 heteroatoms. The van der Waals surface area contributed by atoms with Crippen molar-refractivity contribution in [3.05, 3.63) is 24.3 Å². The van der Waals surface area contributed by atoms with E-state index in [2.05, 4.69) is 0 Å². The van der Waals surface area contributed by atoms with E-state index >= 15 is 0 Å². The molecule has 0 saturated carbocycles. The number of carbonyl (C=O) groups excluding carboxylic acids is 1. The molecule has 0 saturated heterocycles. The lowest BCUT2D eigenvalue weighted by Crippen LogP contribution is -2.27. The number of ether oxygens (including phenoxy) is 2. The SMILES string of the molecule is CCOCCC(=O)N(C)c1ccc(OCC(=O)O)cc1. The Morgan fingerprint density at radius 3 is 2.45 bits per heavy atom. The Kier molecular flexibility index (Phi) is 6.52. The Morgan fingerprint density at radius 1 is 1.25 bits per heavy atom. The second-order valence-electron chi connectivity index (χ2n) is 4.08. The molecule has 0 heterocycles. The highest BCUT2D eigenvalue weighted by Crippen LogP contribution is 2.19. The minimum atomic E-state index is -1.03. The van der Waals surface area contributed by atoms with Crippen LogP contribution in [0.25, 0.3) is 0 Å². The number of aliphatic carboxylic acids is 1. The van der Waals surface area contributed by atoms with Crippen molar-refractivity contribution in [1.82, 2.24) is 0 Å². The summed E-state index contributed by atoms with van der Waals surface area (Å²) in [6, 6.07) is 6.67. The minimum absolute atomic E-state index is 0.0438. The van der Waals surface area contributed by atoms with Crippen molar-refractivity contribution in [3.63, 3.8) is 0 Å². The van der Waals surface area contributed by atoms with E-state index in [9.17, 15) is 9.59 Å². The van der Waals surface area contributed by atoms with Gasteiger partial charge < -0.3 is 19.5 Å². The zero-order valence-corrected chi connectivity index (χ0v) is 11.7. The van der Waals surface area contributed by atoms with Gasteiger partial charge in [-0.2, -0.15) is 0 Å². The molecule has 0 radical (unpaired) electrons. The highest BCUT2D eigenvalue weighted by Gasteiger charge is 2.10. The first-order valence-electron chi connectivity index (χ1n) is 6.33. The molecule has 0 spiro atoms. The third-order valence-corrected chi connectivity index (χ3v) is 2.62. The lowest BCUT2D eigenvalue weighted by Gasteiger charge is -2.17. The number of hydrogen-bond acceptors (Lipinski definition) is 4. The van der Waals surface area contributed by atoms with Crippen molar-refractivity contribution < 1.29 is 24.2 Å². The summed E-state index contributed by atoms with van der Waals surface area (Å²) in [5.74, 6) is -0.624. The molecule has 20 heavy (non-hydrogen) atoms. The first kappa shape index (κ1) is 16.0. The van der Waals surface area contributed by atoms with Crippen LogP contribution in [0.5, 0.6) is 5.75 Å². The molecule has 0 atom stereocenters. The summed E-state index contributed by atoms with van der Waals surface area (Å²) >= 11 is 0. The molecule has 0 bridgehead atoms. The molecular formula is C14H19NO5. The predicted octanol–water partition coefficient (Wildman–Crippen LogP) is 1.54. The van der Waals surface area contributed by atoms with Crippen LogP contribution in [0.4, 0.5) is 5.69 Å². The number of carboxylic acid groups (broad SMARTS) is 1. The van der Waals surface area contributed by atoms with E-state index < -0.39 is 5.97 Å². The number of amides is 1. The van der Waals surface area contributed by atoms with Crippen LogP contribution in [0.3, 0.4) is 0 Å². The number of benzene rings is 1. The van der Waals surface area contributed by atoms with Crippen LogP contribution in [-0.4, -0.2) is 43.9 Å². The number of carboxylic acids is 1. The largest absolute Gasteiger partial charge is 0.482 e. The van der Waals surface area contributed by atoms with Gasteiger partial charge in [0.15, 0.2) is 6.61 Å². The van der Waals surface area contributed by atoms with Crippen LogP contribution < -0.4 is 9.64 Å². The Bertz CT molecular complexity index is 443. The zero-order valence-electron chi connectivity index (χ0n) is 11.7.